The normalized spacial score (nSPS) is 30.2. The third-order valence-corrected chi connectivity index (χ3v) is 1.69. The highest BCUT2D eigenvalue weighted by atomic mass is 13.8. The van der Waals surface area contributed by atoms with Gasteiger partial charge in [0.2, 0.25) is 0 Å². The lowest BCUT2D eigenvalue weighted by Crippen LogP contribution is -1.65. The van der Waals surface area contributed by atoms with Crippen LogP contribution in [0.5, 0.6) is 0 Å². The van der Waals surface area contributed by atoms with Crippen LogP contribution in [0, 0.1) is 6.08 Å². The van der Waals surface area contributed by atoms with Crippen LogP contribution in [-0.2, 0) is 0 Å². The maximum absolute atomic E-state index is 3.22. The lowest BCUT2D eigenvalue weighted by Gasteiger charge is -1.84. The van der Waals surface area contributed by atoms with Crippen LogP contribution >= 0.6 is 0 Å². The van der Waals surface area contributed by atoms with Gasteiger partial charge in [-0.25, -0.2) is 0 Å². The molecule has 67 valence electrons. The Balaban J connectivity index is 2.50. The van der Waals surface area contributed by atoms with E-state index < -0.39 is 0 Å². The van der Waals surface area contributed by atoms with Gasteiger partial charge in [-0.1, -0.05) is 54.7 Å². The van der Waals surface area contributed by atoms with Crippen LogP contribution in [0.1, 0.15) is 19.3 Å². The fraction of sp³-hybridized carbons (Fsp3) is 0.231. The summed E-state index contributed by atoms with van der Waals surface area (Å²) in [7, 11) is 0. The molecule has 0 heteroatoms. The van der Waals surface area contributed by atoms with Crippen molar-refractivity contribution in [2.24, 2.45) is 0 Å². The van der Waals surface area contributed by atoms with E-state index in [1.54, 1.807) is 0 Å². The minimum Gasteiger partial charge on any atom is -0.0842 e. The average Bonchev–Trinajstić information content (AvgIpc) is 2.18. The summed E-state index contributed by atoms with van der Waals surface area (Å²) >= 11 is 0. The molecule has 0 aromatic heterocycles. The Morgan fingerprint density at radius 3 is 2.23 bits per heavy atom. The van der Waals surface area contributed by atoms with Gasteiger partial charge in [0, 0.05) is 0 Å². The van der Waals surface area contributed by atoms with Crippen molar-refractivity contribution >= 4 is 0 Å². The zero-order valence-electron chi connectivity index (χ0n) is 7.82. The smallest absolute Gasteiger partial charge is 0.00948 e. The summed E-state index contributed by atoms with van der Waals surface area (Å²) in [5, 5.41) is 0. The topological polar surface area (TPSA) is 0 Å². The molecule has 13 heavy (non-hydrogen) atoms. The summed E-state index contributed by atoms with van der Waals surface area (Å²) in [5.41, 5.74) is 0. The van der Waals surface area contributed by atoms with Crippen LogP contribution in [0.15, 0.2) is 54.7 Å². The van der Waals surface area contributed by atoms with Crippen molar-refractivity contribution < 1.29 is 0 Å². The highest BCUT2D eigenvalue weighted by molar-refractivity contribution is 5.15. The van der Waals surface area contributed by atoms with E-state index in [9.17, 15) is 0 Å². The highest BCUT2D eigenvalue weighted by Crippen LogP contribution is 1.96. The van der Waals surface area contributed by atoms with Gasteiger partial charge < -0.3 is 0 Å². The molecule has 0 nitrogen and oxygen atoms in total. The first kappa shape index (κ1) is 9.79. The van der Waals surface area contributed by atoms with Gasteiger partial charge in [0.1, 0.15) is 0 Å². The molecule has 0 N–H and O–H groups in total. The van der Waals surface area contributed by atoms with Crippen molar-refractivity contribution in [2.75, 3.05) is 0 Å². The molecule has 0 aromatic carbocycles. The molecular weight excluding hydrogens is 156 g/mol. The minimum absolute atomic E-state index is 0.914. The summed E-state index contributed by atoms with van der Waals surface area (Å²) in [6, 6.07) is 0. The van der Waals surface area contributed by atoms with Gasteiger partial charge in [0.25, 0.3) is 0 Å². The molecule has 0 bridgehead atoms. The maximum atomic E-state index is 3.22. The van der Waals surface area contributed by atoms with E-state index in [4.69, 9.17) is 0 Å². The molecule has 0 atom stereocenters. The van der Waals surface area contributed by atoms with Crippen molar-refractivity contribution in [1.29, 1.82) is 0 Å². The van der Waals surface area contributed by atoms with Gasteiger partial charge in [-0.05, 0) is 25.3 Å². The quantitative estimate of drug-likeness (QED) is 0.520. The van der Waals surface area contributed by atoms with Gasteiger partial charge in [0.15, 0.2) is 0 Å². The van der Waals surface area contributed by atoms with Crippen LogP contribution in [0.4, 0.5) is 0 Å². The first-order valence-corrected chi connectivity index (χ1v) is 4.70. The molecule has 0 saturated carbocycles. The predicted molar refractivity (Wildman–Crippen MR) is 58.2 cm³/mol. The second-order valence-corrected chi connectivity index (χ2v) is 2.82. The van der Waals surface area contributed by atoms with Crippen LogP contribution < -0.4 is 0 Å². The second kappa shape index (κ2) is 7.35. The van der Waals surface area contributed by atoms with E-state index >= 15 is 0 Å². The van der Waals surface area contributed by atoms with E-state index in [0.29, 0.717) is 0 Å². The first-order valence-electron chi connectivity index (χ1n) is 4.70. The van der Waals surface area contributed by atoms with Crippen LogP contribution in [0.3, 0.4) is 0 Å². The Morgan fingerprint density at radius 1 is 0.692 bits per heavy atom. The SMILES string of the molecule is [C]1=C/CC/C=C/C=C\C=C\C=C\C/1. The van der Waals surface area contributed by atoms with Crippen molar-refractivity contribution in [3.63, 3.8) is 0 Å². The van der Waals surface area contributed by atoms with Gasteiger partial charge >= 0.3 is 0 Å². The monoisotopic (exact) mass is 171 g/mol. The molecule has 1 rings (SSSR count). The Bertz CT molecular complexity index is 249. The zero-order chi connectivity index (χ0) is 9.19. The predicted octanol–water partition coefficient (Wildman–Crippen LogP) is 3.75. The molecule has 0 heterocycles. The summed E-state index contributed by atoms with van der Waals surface area (Å²) in [6.07, 6.45) is 25.0. The van der Waals surface area contributed by atoms with Crippen molar-refractivity contribution in [3.05, 3.63) is 60.8 Å². The maximum Gasteiger partial charge on any atom is -0.00948 e. The van der Waals surface area contributed by atoms with Crippen molar-refractivity contribution in [3.8, 4) is 0 Å². The van der Waals surface area contributed by atoms with Crippen molar-refractivity contribution in [1.82, 2.24) is 0 Å². The molecule has 1 aliphatic carbocycles. The molecule has 0 unspecified atom stereocenters. The molecule has 0 spiro atoms. The van der Waals surface area contributed by atoms with E-state index in [1.165, 1.54) is 0 Å². The van der Waals surface area contributed by atoms with E-state index in [1.807, 2.05) is 24.3 Å². The third kappa shape index (κ3) is 5.92. The lowest BCUT2D eigenvalue weighted by molar-refractivity contribution is 1.04. The minimum atomic E-state index is 0.914. The zero-order valence-corrected chi connectivity index (χ0v) is 7.82. The summed E-state index contributed by atoms with van der Waals surface area (Å²) in [6.45, 7) is 0. The molecule has 0 fully saturated rings. The fourth-order valence-electron chi connectivity index (χ4n) is 1.01. The van der Waals surface area contributed by atoms with E-state index in [-0.39, 0.29) is 0 Å². The molecule has 1 radical (unpaired) electrons. The van der Waals surface area contributed by atoms with Gasteiger partial charge in [-0.2, -0.15) is 0 Å². The number of hydrogen-bond acceptors (Lipinski definition) is 0. The second-order valence-electron chi connectivity index (χ2n) is 2.82. The number of rotatable bonds is 0. The molecule has 0 aliphatic heterocycles. The Morgan fingerprint density at radius 2 is 1.38 bits per heavy atom. The Kier molecular flexibility index (Phi) is 5.54. The Labute approximate surface area is 80.7 Å². The molecule has 1 aliphatic rings. The lowest BCUT2D eigenvalue weighted by atomic mass is 10.2. The van der Waals surface area contributed by atoms with Crippen LogP contribution in [-0.4, -0.2) is 0 Å². The summed E-state index contributed by atoms with van der Waals surface area (Å²) in [4.78, 5) is 0. The Hall–Kier alpha value is -1.30. The number of allylic oxidation sites excluding steroid dienone is 10. The first-order chi connectivity index (χ1) is 6.50. The molecule has 0 amide bonds. The van der Waals surface area contributed by atoms with Crippen molar-refractivity contribution in [2.45, 2.75) is 19.3 Å². The standard InChI is InChI=1S/C13H15/c1-2-4-6-8-10-12-13-11-9-7-5-3-1/h1-8,13H,9-11H2/b3-1-,4-2+,7-5+,8-6+,13-12?. The van der Waals surface area contributed by atoms with Gasteiger partial charge in [-0.15, -0.1) is 0 Å². The van der Waals surface area contributed by atoms with E-state index in [0.717, 1.165) is 19.3 Å². The van der Waals surface area contributed by atoms with Crippen LogP contribution in [0.2, 0.25) is 0 Å². The summed E-state index contributed by atoms with van der Waals surface area (Å²) < 4.78 is 0. The van der Waals surface area contributed by atoms with E-state index in [2.05, 4.69) is 36.5 Å². The van der Waals surface area contributed by atoms with Gasteiger partial charge in [0.05, 0.1) is 0 Å². The largest absolute Gasteiger partial charge is 0.0842 e. The summed E-state index contributed by atoms with van der Waals surface area (Å²) in [5.74, 6) is 0. The molecule has 0 saturated heterocycles. The average molecular weight is 171 g/mol. The van der Waals surface area contributed by atoms with Gasteiger partial charge in [-0.3, -0.25) is 0 Å². The third-order valence-electron chi connectivity index (χ3n) is 1.69. The highest BCUT2D eigenvalue weighted by Gasteiger charge is 1.76. The fourth-order valence-corrected chi connectivity index (χ4v) is 1.01. The molecular formula is C13H15. The molecule has 0 aromatic rings. The van der Waals surface area contributed by atoms with Crippen LogP contribution in [0.25, 0.3) is 0 Å². The number of hydrogen-bond donors (Lipinski definition) is 0.